The first-order valence-electron chi connectivity index (χ1n) is 5.51. The number of alkyl halides is 1. The maximum atomic E-state index is 13.5. The third-order valence-electron chi connectivity index (χ3n) is 2.73. The summed E-state index contributed by atoms with van der Waals surface area (Å²) in [6.07, 6.45) is 0.120. The Bertz CT molecular complexity index is 601. The molecular formula is C14H9BrClF3. The number of hydrogen-bond acceptors (Lipinski definition) is 0. The first kappa shape index (κ1) is 14.4. The molecule has 2 aromatic carbocycles. The molecule has 5 heteroatoms. The molecule has 0 spiro atoms. The summed E-state index contributed by atoms with van der Waals surface area (Å²) in [7, 11) is 0. The molecule has 0 fully saturated rings. The first-order valence-corrected chi connectivity index (χ1v) is 6.74. The van der Waals surface area contributed by atoms with E-state index in [1.807, 2.05) is 0 Å². The normalized spacial score (nSPS) is 12.5. The summed E-state index contributed by atoms with van der Waals surface area (Å²) < 4.78 is 40.1. The predicted molar refractivity (Wildman–Crippen MR) is 72.8 cm³/mol. The van der Waals surface area contributed by atoms with E-state index in [4.69, 9.17) is 11.6 Å². The van der Waals surface area contributed by atoms with Crippen LogP contribution in [0.2, 0.25) is 0 Å². The molecule has 0 heterocycles. The molecule has 2 rings (SSSR count). The van der Waals surface area contributed by atoms with Crippen LogP contribution in [0.3, 0.4) is 0 Å². The van der Waals surface area contributed by atoms with Crippen molar-refractivity contribution < 1.29 is 13.2 Å². The van der Waals surface area contributed by atoms with Gasteiger partial charge in [-0.1, -0.05) is 34.1 Å². The van der Waals surface area contributed by atoms with Gasteiger partial charge in [0.25, 0.3) is 0 Å². The molecule has 2 aromatic rings. The lowest BCUT2D eigenvalue weighted by Gasteiger charge is -2.12. The Morgan fingerprint density at radius 2 is 1.84 bits per heavy atom. The maximum absolute atomic E-state index is 13.5. The second-order valence-corrected chi connectivity index (χ2v) is 5.43. The van der Waals surface area contributed by atoms with Gasteiger partial charge in [-0.25, -0.2) is 13.2 Å². The van der Waals surface area contributed by atoms with Crippen molar-refractivity contribution in [3.05, 3.63) is 69.4 Å². The van der Waals surface area contributed by atoms with Crippen LogP contribution in [-0.2, 0) is 6.42 Å². The quantitative estimate of drug-likeness (QED) is 0.652. The van der Waals surface area contributed by atoms with E-state index in [0.717, 1.165) is 6.07 Å². The second kappa shape index (κ2) is 5.97. The predicted octanol–water partition coefficient (Wildman–Crippen LogP) is 5.39. The highest BCUT2D eigenvalue weighted by atomic mass is 79.9. The van der Waals surface area contributed by atoms with E-state index in [-0.39, 0.29) is 12.0 Å². The molecular weight excluding hydrogens is 341 g/mol. The van der Waals surface area contributed by atoms with Gasteiger partial charge in [-0.15, -0.1) is 11.6 Å². The van der Waals surface area contributed by atoms with Crippen molar-refractivity contribution in [1.82, 2.24) is 0 Å². The van der Waals surface area contributed by atoms with Gasteiger partial charge in [0.1, 0.15) is 5.82 Å². The van der Waals surface area contributed by atoms with Crippen LogP contribution < -0.4 is 0 Å². The Hall–Kier alpha value is -1.00. The molecule has 1 atom stereocenters. The third-order valence-corrected chi connectivity index (χ3v) is 3.81. The smallest absolute Gasteiger partial charge is 0.162 e. The van der Waals surface area contributed by atoms with E-state index in [1.54, 1.807) is 0 Å². The van der Waals surface area contributed by atoms with Gasteiger partial charge in [0, 0.05) is 4.47 Å². The Labute approximate surface area is 122 Å². The van der Waals surface area contributed by atoms with Crippen LogP contribution in [0.4, 0.5) is 13.2 Å². The minimum absolute atomic E-state index is 0.120. The molecule has 0 radical (unpaired) electrons. The van der Waals surface area contributed by atoms with Crippen LogP contribution in [0.15, 0.2) is 40.9 Å². The van der Waals surface area contributed by atoms with Gasteiger partial charge in [0.2, 0.25) is 0 Å². The summed E-state index contributed by atoms with van der Waals surface area (Å²) in [5.74, 6) is -2.19. The van der Waals surface area contributed by atoms with Crippen LogP contribution in [-0.4, -0.2) is 0 Å². The summed E-state index contributed by atoms with van der Waals surface area (Å²) in [6, 6.07) is 8.04. The Morgan fingerprint density at radius 3 is 2.53 bits per heavy atom. The minimum atomic E-state index is -0.903. The molecule has 0 saturated heterocycles. The number of halogens is 5. The summed E-state index contributed by atoms with van der Waals surface area (Å²) >= 11 is 9.38. The molecule has 0 bridgehead atoms. The van der Waals surface area contributed by atoms with E-state index >= 15 is 0 Å². The number of benzene rings is 2. The van der Waals surface area contributed by atoms with E-state index in [0.29, 0.717) is 10.0 Å². The molecule has 19 heavy (non-hydrogen) atoms. The fourth-order valence-corrected chi connectivity index (χ4v) is 2.88. The topological polar surface area (TPSA) is 0 Å². The molecule has 0 amide bonds. The van der Waals surface area contributed by atoms with Crippen molar-refractivity contribution >= 4 is 27.5 Å². The van der Waals surface area contributed by atoms with Crippen molar-refractivity contribution in [1.29, 1.82) is 0 Å². The van der Waals surface area contributed by atoms with Crippen molar-refractivity contribution in [3.63, 3.8) is 0 Å². The van der Waals surface area contributed by atoms with Crippen LogP contribution in [0.25, 0.3) is 0 Å². The lowest BCUT2D eigenvalue weighted by molar-refractivity contribution is 0.498. The van der Waals surface area contributed by atoms with Crippen molar-refractivity contribution in [2.45, 2.75) is 11.8 Å². The highest BCUT2D eigenvalue weighted by Gasteiger charge is 2.16. The zero-order valence-electron chi connectivity index (χ0n) is 9.64. The summed E-state index contributed by atoms with van der Waals surface area (Å²) in [5, 5.41) is -0.578. The largest absolute Gasteiger partial charge is 0.207 e. The lowest BCUT2D eigenvalue weighted by atomic mass is 10.0. The zero-order valence-corrected chi connectivity index (χ0v) is 12.0. The molecule has 0 aliphatic heterocycles. The highest BCUT2D eigenvalue weighted by Crippen LogP contribution is 2.32. The van der Waals surface area contributed by atoms with Crippen LogP contribution in [0.5, 0.6) is 0 Å². The Kier molecular flexibility index (Phi) is 4.53. The molecule has 0 aliphatic carbocycles. The van der Waals surface area contributed by atoms with Gasteiger partial charge in [-0.05, 0) is 35.7 Å². The van der Waals surface area contributed by atoms with Gasteiger partial charge < -0.3 is 0 Å². The van der Waals surface area contributed by atoms with Gasteiger partial charge in [0.05, 0.1) is 5.38 Å². The van der Waals surface area contributed by atoms with Crippen LogP contribution >= 0.6 is 27.5 Å². The number of hydrogen-bond donors (Lipinski definition) is 0. The zero-order chi connectivity index (χ0) is 14.0. The monoisotopic (exact) mass is 348 g/mol. The van der Waals surface area contributed by atoms with E-state index < -0.39 is 22.8 Å². The Balaban J connectivity index is 2.25. The van der Waals surface area contributed by atoms with Crippen molar-refractivity contribution in [2.75, 3.05) is 0 Å². The third kappa shape index (κ3) is 3.31. The van der Waals surface area contributed by atoms with E-state index in [9.17, 15) is 13.2 Å². The molecule has 0 saturated carbocycles. The van der Waals surface area contributed by atoms with Crippen molar-refractivity contribution in [2.24, 2.45) is 0 Å². The van der Waals surface area contributed by atoms with Crippen LogP contribution in [0.1, 0.15) is 16.5 Å². The fourth-order valence-electron chi connectivity index (χ4n) is 1.76. The van der Waals surface area contributed by atoms with E-state index in [1.165, 1.54) is 30.3 Å². The van der Waals surface area contributed by atoms with Gasteiger partial charge in [-0.2, -0.15) is 0 Å². The SMILES string of the molecule is Fc1ccc(C(Cl)Cc2cccc(F)c2F)c(Br)c1. The molecule has 0 N–H and O–H groups in total. The Morgan fingerprint density at radius 1 is 1.11 bits per heavy atom. The van der Waals surface area contributed by atoms with E-state index in [2.05, 4.69) is 15.9 Å². The minimum Gasteiger partial charge on any atom is -0.207 e. The van der Waals surface area contributed by atoms with Crippen LogP contribution in [0, 0.1) is 17.5 Å². The fraction of sp³-hybridized carbons (Fsp3) is 0.143. The molecule has 1 unspecified atom stereocenters. The molecule has 0 aliphatic rings. The van der Waals surface area contributed by atoms with Gasteiger partial charge in [0.15, 0.2) is 11.6 Å². The maximum Gasteiger partial charge on any atom is 0.162 e. The summed E-state index contributed by atoms with van der Waals surface area (Å²) in [5.41, 5.74) is 0.822. The average molecular weight is 350 g/mol. The van der Waals surface area contributed by atoms with Gasteiger partial charge in [-0.3, -0.25) is 0 Å². The summed E-state index contributed by atoms with van der Waals surface area (Å²) in [6.45, 7) is 0. The van der Waals surface area contributed by atoms with Crippen molar-refractivity contribution in [3.8, 4) is 0 Å². The second-order valence-electron chi connectivity index (χ2n) is 4.05. The van der Waals surface area contributed by atoms with Gasteiger partial charge >= 0.3 is 0 Å². The lowest BCUT2D eigenvalue weighted by Crippen LogP contribution is -2.01. The number of rotatable bonds is 3. The average Bonchev–Trinajstić information content (AvgIpc) is 2.34. The molecule has 0 aromatic heterocycles. The highest BCUT2D eigenvalue weighted by molar-refractivity contribution is 9.10. The standard InChI is InChI=1S/C14H9BrClF3/c15-11-7-9(17)4-5-10(11)12(16)6-8-2-1-3-13(18)14(8)19/h1-5,7,12H,6H2. The molecule has 0 nitrogen and oxygen atoms in total. The molecule has 100 valence electrons. The first-order chi connectivity index (χ1) is 8.99. The summed E-state index contributed by atoms with van der Waals surface area (Å²) in [4.78, 5) is 0.